The van der Waals surface area contributed by atoms with E-state index in [2.05, 4.69) is 0 Å². The van der Waals surface area contributed by atoms with Gasteiger partial charge in [-0.1, -0.05) is 23.7 Å². The van der Waals surface area contributed by atoms with Crippen LogP contribution in [0, 0.1) is 0 Å². The van der Waals surface area contributed by atoms with Gasteiger partial charge in [-0.25, -0.2) is 0 Å². The maximum absolute atomic E-state index is 13.0. The normalized spacial score (nSPS) is 17.9. The molecule has 1 fully saturated rings. The van der Waals surface area contributed by atoms with Gasteiger partial charge in [-0.2, -0.15) is 13.2 Å². The van der Waals surface area contributed by atoms with Crippen molar-refractivity contribution in [3.8, 4) is 5.75 Å². The van der Waals surface area contributed by atoms with E-state index in [1.54, 1.807) is 24.3 Å². The van der Waals surface area contributed by atoms with E-state index in [1.165, 1.54) is 29.8 Å². The molecule has 2 aromatic rings. The molecule has 0 saturated carbocycles. The average Bonchev–Trinajstić information content (AvgIpc) is 2.96. The highest BCUT2D eigenvalue weighted by molar-refractivity contribution is 8.00. The number of methoxy groups -OCH3 is 1. The van der Waals surface area contributed by atoms with Crippen molar-refractivity contribution in [2.45, 2.75) is 11.6 Å². The summed E-state index contributed by atoms with van der Waals surface area (Å²) in [5, 5.41) is -0.216. The Kier molecular flexibility index (Phi) is 4.88. The molecule has 1 aliphatic rings. The molecule has 132 valence electrons. The van der Waals surface area contributed by atoms with Gasteiger partial charge in [-0.15, -0.1) is 11.8 Å². The second-order valence-electron chi connectivity index (χ2n) is 5.37. The van der Waals surface area contributed by atoms with Crippen LogP contribution in [-0.2, 0) is 11.0 Å². The van der Waals surface area contributed by atoms with Gasteiger partial charge in [0.1, 0.15) is 11.1 Å². The first kappa shape index (κ1) is 17.9. The summed E-state index contributed by atoms with van der Waals surface area (Å²) in [6.07, 6.45) is -4.43. The van der Waals surface area contributed by atoms with Crippen molar-refractivity contribution in [3.63, 3.8) is 0 Å². The number of carbonyl (C=O) groups excluding carboxylic acids is 1. The van der Waals surface area contributed by atoms with E-state index < -0.39 is 17.1 Å². The summed E-state index contributed by atoms with van der Waals surface area (Å²) in [6, 6.07) is 9.88. The smallest absolute Gasteiger partial charge is 0.416 e. The van der Waals surface area contributed by atoms with Crippen molar-refractivity contribution in [3.05, 3.63) is 58.6 Å². The number of hydrogen-bond acceptors (Lipinski definition) is 3. The summed E-state index contributed by atoms with van der Waals surface area (Å²) >= 11 is 7.39. The van der Waals surface area contributed by atoms with Crippen molar-refractivity contribution >= 4 is 35.0 Å². The molecule has 1 saturated heterocycles. The average molecular weight is 388 g/mol. The highest BCUT2D eigenvalue weighted by atomic mass is 35.5. The van der Waals surface area contributed by atoms with Crippen molar-refractivity contribution < 1.29 is 22.7 Å². The number of ether oxygens (including phenoxy) is 1. The molecule has 8 heteroatoms. The van der Waals surface area contributed by atoms with Gasteiger partial charge in [0.25, 0.3) is 0 Å². The van der Waals surface area contributed by atoms with Crippen molar-refractivity contribution in [2.24, 2.45) is 0 Å². The van der Waals surface area contributed by atoms with Gasteiger partial charge in [0.05, 0.1) is 23.4 Å². The number of carbonyl (C=O) groups is 1. The third kappa shape index (κ3) is 3.57. The van der Waals surface area contributed by atoms with E-state index in [0.717, 1.165) is 12.1 Å². The summed E-state index contributed by atoms with van der Waals surface area (Å²) < 4.78 is 44.0. The largest absolute Gasteiger partial charge is 0.495 e. The van der Waals surface area contributed by atoms with Gasteiger partial charge in [-0.3, -0.25) is 9.69 Å². The number of anilines is 1. The van der Waals surface area contributed by atoms with Crippen LogP contribution in [0.1, 0.15) is 16.5 Å². The van der Waals surface area contributed by atoms with Gasteiger partial charge in [0, 0.05) is 5.69 Å². The number of thioether (sulfide) groups is 1. The summed E-state index contributed by atoms with van der Waals surface area (Å²) in [4.78, 5) is 13.8. The summed E-state index contributed by atoms with van der Waals surface area (Å²) in [5.41, 5.74) is 0.193. The lowest BCUT2D eigenvalue weighted by Crippen LogP contribution is -2.28. The fraction of sp³-hybridized carbons (Fsp3) is 0.235. The van der Waals surface area contributed by atoms with E-state index in [9.17, 15) is 18.0 Å². The maximum atomic E-state index is 13.0. The maximum Gasteiger partial charge on any atom is 0.416 e. The molecule has 0 spiro atoms. The monoisotopic (exact) mass is 387 g/mol. The Hall–Kier alpha value is -1.86. The molecule has 3 nitrogen and oxygen atoms in total. The first-order valence-electron chi connectivity index (χ1n) is 7.25. The predicted octanol–water partition coefficient (Wildman–Crippen LogP) is 5.15. The van der Waals surface area contributed by atoms with Crippen molar-refractivity contribution in [1.82, 2.24) is 0 Å². The summed E-state index contributed by atoms with van der Waals surface area (Å²) in [5.74, 6) is 0.457. The van der Waals surface area contributed by atoms with E-state index in [4.69, 9.17) is 16.3 Å². The fourth-order valence-electron chi connectivity index (χ4n) is 2.62. The third-order valence-electron chi connectivity index (χ3n) is 3.78. The zero-order chi connectivity index (χ0) is 18.2. The first-order chi connectivity index (χ1) is 11.8. The molecular weight excluding hydrogens is 375 g/mol. The second-order valence-corrected chi connectivity index (χ2v) is 6.84. The number of rotatable bonds is 3. The minimum absolute atomic E-state index is 0.185. The van der Waals surface area contributed by atoms with Gasteiger partial charge in [0.15, 0.2) is 0 Å². The Balaban J connectivity index is 1.99. The molecular formula is C17H13ClF3NO2S. The molecule has 0 unspecified atom stereocenters. The Morgan fingerprint density at radius 3 is 2.64 bits per heavy atom. The van der Waals surface area contributed by atoms with Crippen LogP contribution in [0.15, 0.2) is 42.5 Å². The van der Waals surface area contributed by atoms with Gasteiger partial charge in [0.2, 0.25) is 5.91 Å². The minimum atomic E-state index is -4.43. The molecule has 1 atom stereocenters. The lowest BCUT2D eigenvalue weighted by atomic mass is 10.1. The number of alkyl halides is 3. The highest BCUT2D eigenvalue weighted by Gasteiger charge is 2.36. The summed E-state index contributed by atoms with van der Waals surface area (Å²) in [6.45, 7) is 0. The zero-order valence-corrected chi connectivity index (χ0v) is 14.6. The lowest BCUT2D eigenvalue weighted by Gasteiger charge is -2.25. The molecule has 1 amide bonds. The Morgan fingerprint density at radius 1 is 1.24 bits per heavy atom. The topological polar surface area (TPSA) is 29.5 Å². The Bertz CT molecular complexity index is 813. The van der Waals surface area contributed by atoms with Gasteiger partial charge in [-0.05, 0) is 35.9 Å². The number of amides is 1. The molecule has 0 aromatic heterocycles. The molecule has 2 aromatic carbocycles. The van der Waals surface area contributed by atoms with Crippen LogP contribution in [0.25, 0.3) is 0 Å². The lowest BCUT2D eigenvalue weighted by molar-refractivity contribution is -0.137. The number of halogens is 4. The molecule has 0 radical (unpaired) electrons. The fourth-order valence-corrected chi connectivity index (χ4v) is 4.04. The molecule has 0 aliphatic carbocycles. The Morgan fingerprint density at radius 2 is 2.00 bits per heavy atom. The first-order valence-corrected chi connectivity index (χ1v) is 8.68. The standard InChI is InChI=1S/C17H13ClF3NO2S/c1-24-14-6-5-12(8-13(14)18)22-15(23)9-25-16(22)10-3-2-4-11(7-10)17(19,20)21/h2-8,16H,9H2,1H3/t16-/m0/s1. The minimum Gasteiger partial charge on any atom is -0.495 e. The highest BCUT2D eigenvalue weighted by Crippen LogP contribution is 2.44. The molecule has 1 heterocycles. The van der Waals surface area contributed by atoms with Crippen LogP contribution in [-0.4, -0.2) is 18.8 Å². The van der Waals surface area contributed by atoms with Gasteiger partial charge < -0.3 is 4.74 Å². The van der Waals surface area contributed by atoms with Gasteiger partial charge >= 0.3 is 6.18 Å². The number of hydrogen-bond donors (Lipinski definition) is 0. The Labute approximate surface area is 151 Å². The zero-order valence-electron chi connectivity index (χ0n) is 13.0. The van der Waals surface area contributed by atoms with Crippen LogP contribution >= 0.6 is 23.4 Å². The van der Waals surface area contributed by atoms with Crippen LogP contribution in [0.4, 0.5) is 18.9 Å². The van der Waals surface area contributed by atoms with Crippen LogP contribution in [0.5, 0.6) is 5.75 Å². The van der Waals surface area contributed by atoms with E-state index in [-0.39, 0.29) is 11.7 Å². The predicted molar refractivity (Wildman–Crippen MR) is 92.1 cm³/mol. The van der Waals surface area contributed by atoms with Crippen LogP contribution < -0.4 is 9.64 Å². The quantitative estimate of drug-likeness (QED) is 0.729. The number of benzene rings is 2. The second kappa shape index (κ2) is 6.80. The van der Waals surface area contributed by atoms with E-state index in [1.807, 2.05) is 0 Å². The van der Waals surface area contributed by atoms with Crippen molar-refractivity contribution in [1.29, 1.82) is 0 Å². The molecule has 3 rings (SSSR count). The molecule has 1 aliphatic heterocycles. The molecule has 25 heavy (non-hydrogen) atoms. The third-order valence-corrected chi connectivity index (χ3v) is 5.29. The number of nitrogens with zero attached hydrogens (tertiary/aromatic N) is 1. The van der Waals surface area contributed by atoms with Crippen molar-refractivity contribution in [2.75, 3.05) is 17.8 Å². The van der Waals surface area contributed by atoms with E-state index in [0.29, 0.717) is 22.0 Å². The molecule has 0 N–H and O–H groups in total. The summed E-state index contributed by atoms with van der Waals surface area (Å²) in [7, 11) is 1.48. The molecule has 0 bridgehead atoms. The van der Waals surface area contributed by atoms with E-state index >= 15 is 0 Å². The van der Waals surface area contributed by atoms with Crippen LogP contribution in [0.3, 0.4) is 0 Å². The SMILES string of the molecule is COc1ccc(N2C(=O)CS[C@H]2c2cccc(C(F)(F)F)c2)cc1Cl. The van der Waals surface area contributed by atoms with Crippen LogP contribution in [0.2, 0.25) is 5.02 Å².